The lowest BCUT2D eigenvalue weighted by Crippen LogP contribution is -2.47. The van der Waals surface area contributed by atoms with Crippen molar-refractivity contribution in [3.63, 3.8) is 0 Å². The van der Waals surface area contributed by atoms with Crippen LogP contribution in [0.25, 0.3) is 10.9 Å². The highest BCUT2D eigenvalue weighted by atomic mass is 16.2. The van der Waals surface area contributed by atoms with Crippen LogP contribution in [0.15, 0.2) is 24.5 Å². The molecule has 0 spiro atoms. The van der Waals surface area contributed by atoms with Gasteiger partial charge in [0.1, 0.15) is 0 Å². The van der Waals surface area contributed by atoms with Crippen LogP contribution < -0.4 is 5.32 Å². The fourth-order valence-electron chi connectivity index (χ4n) is 2.41. The van der Waals surface area contributed by atoms with Crippen molar-refractivity contribution in [2.75, 3.05) is 19.6 Å². The SMILES string of the molecule is Cn1c(CN2CCNCC2=O)cc2cnccc21. The van der Waals surface area contributed by atoms with Crippen molar-refractivity contribution in [2.45, 2.75) is 6.54 Å². The van der Waals surface area contributed by atoms with Crippen molar-refractivity contribution in [3.8, 4) is 0 Å². The van der Waals surface area contributed by atoms with E-state index in [9.17, 15) is 4.79 Å². The lowest BCUT2D eigenvalue weighted by molar-refractivity contribution is -0.132. The van der Waals surface area contributed by atoms with E-state index in [2.05, 4.69) is 20.9 Å². The smallest absolute Gasteiger partial charge is 0.236 e. The number of piperazine rings is 1. The van der Waals surface area contributed by atoms with Crippen LogP contribution in [-0.4, -0.2) is 40.0 Å². The van der Waals surface area contributed by atoms with Crippen molar-refractivity contribution in [1.82, 2.24) is 19.8 Å². The molecule has 1 aliphatic heterocycles. The van der Waals surface area contributed by atoms with Gasteiger partial charge in [0, 0.05) is 43.6 Å². The Morgan fingerprint density at radius 2 is 2.39 bits per heavy atom. The molecule has 1 amide bonds. The summed E-state index contributed by atoms with van der Waals surface area (Å²) < 4.78 is 2.13. The first-order valence-electron chi connectivity index (χ1n) is 6.12. The molecule has 0 bridgehead atoms. The summed E-state index contributed by atoms with van der Waals surface area (Å²) >= 11 is 0. The van der Waals surface area contributed by atoms with E-state index in [1.54, 1.807) is 6.20 Å². The van der Waals surface area contributed by atoms with E-state index in [1.165, 1.54) is 0 Å². The topological polar surface area (TPSA) is 50.2 Å². The van der Waals surface area contributed by atoms with E-state index in [0.717, 1.165) is 29.7 Å². The maximum atomic E-state index is 11.8. The number of rotatable bonds is 2. The zero-order valence-corrected chi connectivity index (χ0v) is 10.4. The number of nitrogens with zero attached hydrogens (tertiary/aromatic N) is 3. The van der Waals surface area contributed by atoms with Gasteiger partial charge in [-0.05, 0) is 12.1 Å². The normalized spacial score (nSPS) is 16.5. The molecule has 0 saturated carbocycles. The van der Waals surface area contributed by atoms with Crippen molar-refractivity contribution < 1.29 is 4.79 Å². The first kappa shape index (κ1) is 11.2. The van der Waals surface area contributed by atoms with Gasteiger partial charge >= 0.3 is 0 Å². The van der Waals surface area contributed by atoms with Crippen molar-refractivity contribution in [3.05, 3.63) is 30.2 Å². The third-order valence-corrected chi connectivity index (χ3v) is 3.48. The number of aryl methyl sites for hydroxylation is 1. The summed E-state index contributed by atoms with van der Waals surface area (Å²) in [5.74, 6) is 0.171. The summed E-state index contributed by atoms with van der Waals surface area (Å²) in [6.07, 6.45) is 3.65. The summed E-state index contributed by atoms with van der Waals surface area (Å²) in [4.78, 5) is 17.8. The summed E-state index contributed by atoms with van der Waals surface area (Å²) in [7, 11) is 2.03. The predicted octanol–water partition coefficient (Wildman–Crippen LogP) is 0.505. The molecule has 3 heterocycles. The monoisotopic (exact) mass is 244 g/mol. The van der Waals surface area contributed by atoms with Crippen LogP contribution in [0.5, 0.6) is 0 Å². The minimum atomic E-state index is 0.171. The molecule has 0 aliphatic carbocycles. The molecular weight excluding hydrogens is 228 g/mol. The Bertz CT molecular complexity index is 590. The standard InChI is InChI=1S/C13H16N4O/c1-16-11(6-10-7-14-3-2-12(10)16)9-17-5-4-15-8-13(17)18/h2-3,6-7,15H,4-5,8-9H2,1H3. The lowest BCUT2D eigenvalue weighted by atomic mass is 10.3. The molecule has 0 aromatic carbocycles. The van der Waals surface area contributed by atoms with Crippen molar-refractivity contribution >= 4 is 16.8 Å². The number of carbonyl (C=O) groups is 1. The maximum absolute atomic E-state index is 11.8. The molecule has 1 fully saturated rings. The maximum Gasteiger partial charge on any atom is 0.236 e. The number of amides is 1. The third kappa shape index (κ3) is 1.86. The highest BCUT2D eigenvalue weighted by Gasteiger charge is 2.19. The molecule has 0 unspecified atom stereocenters. The molecule has 1 saturated heterocycles. The minimum Gasteiger partial charge on any atom is -0.346 e. The highest BCUT2D eigenvalue weighted by Crippen LogP contribution is 2.18. The van der Waals surface area contributed by atoms with E-state index in [-0.39, 0.29) is 5.91 Å². The van der Waals surface area contributed by atoms with E-state index < -0.39 is 0 Å². The number of pyridine rings is 1. The number of fused-ring (bicyclic) bond motifs is 1. The largest absolute Gasteiger partial charge is 0.346 e. The molecule has 3 rings (SSSR count). The van der Waals surface area contributed by atoms with E-state index in [0.29, 0.717) is 13.1 Å². The predicted molar refractivity (Wildman–Crippen MR) is 69.0 cm³/mol. The number of nitrogens with one attached hydrogen (secondary N) is 1. The quantitative estimate of drug-likeness (QED) is 0.837. The summed E-state index contributed by atoms with van der Waals surface area (Å²) in [6.45, 7) is 2.77. The van der Waals surface area contributed by atoms with Gasteiger partial charge in [0.25, 0.3) is 0 Å². The lowest BCUT2D eigenvalue weighted by Gasteiger charge is -2.27. The Hall–Kier alpha value is -1.88. The van der Waals surface area contributed by atoms with Crippen LogP contribution in [-0.2, 0) is 18.4 Å². The van der Waals surface area contributed by atoms with Crippen molar-refractivity contribution in [1.29, 1.82) is 0 Å². The van der Waals surface area contributed by atoms with Gasteiger partial charge in [-0.25, -0.2) is 0 Å². The second-order valence-electron chi connectivity index (χ2n) is 4.62. The second-order valence-corrected chi connectivity index (χ2v) is 4.62. The number of hydrogen-bond acceptors (Lipinski definition) is 3. The van der Waals surface area contributed by atoms with Gasteiger partial charge in [0.05, 0.1) is 18.6 Å². The summed E-state index contributed by atoms with van der Waals surface area (Å²) in [5, 5.41) is 4.21. The molecule has 0 atom stereocenters. The van der Waals surface area contributed by atoms with Crippen LogP contribution >= 0.6 is 0 Å². The molecule has 5 heteroatoms. The van der Waals surface area contributed by atoms with Crippen LogP contribution in [0.4, 0.5) is 0 Å². The number of carbonyl (C=O) groups excluding carboxylic acids is 1. The Morgan fingerprint density at radius 3 is 3.17 bits per heavy atom. The van der Waals surface area contributed by atoms with Gasteiger partial charge < -0.3 is 14.8 Å². The highest BCUT2D eigenvalue weighted by molar-refractivity contribution is 5.81. The van der Waals surface area contributed by atoms with E-state index in [4.69, 9.17) is 0 Å². The van der Waals surface area contributed by atoms with E-state index >= 15 is 0 Å². The van der Waals surface area contributed by atoms with Gasteiger partial charge in [-0.15, -0.1) is 0 Å². The zero-order chi connectivity index (χ0) is 12.5. The van der Waals surface area contributed by atoms with Crippen molar-refractivity contribution in [2.24, 2.45) is 7.05 Å². The molecule has 94 valence electrons. The third-order valence-electron chi connectivity index (χ3n) is 3.48. The first-order chi connectivity index (χ1) is 8.75. The van der Waals surface area contributed by atoms with Crippen LogP contribution in [0.1, 0.15) is 5.69 Å². The molecule has 1 aliphatic rings. The fraction of sp³-hybridized carbons (Fsp3) is 0.385. The molecule has 0 radical (unpaired) electrons. The number of aromatic nitrogens is 2. The van der Waals surface area contributed by atoms with Gasteiger partial charge in [0.2, 0.25) is 5.91 Å². The Kier molecular flexibility index (Phi) is 2.76. The molecule has 2 aromatic rings. The first-order valence-corrected chi connectivity index (χ1v) is 6.12. The van der Waals surface area contributed by atoms with Gasteiger partial charge in [-0.1, -0.05) is 0 Å². The molecule has 18 heavy (non-hydrogen) atoms. The second kappa shape index (κ2) is 4.42. The van der Waals surface area contributed by atoms with E-state index in [1.807, 2.05) is 24.2 Å². The minimum absolute atomic E-state index is 0.171. The van der Waals surface area contributed by atoms with Crippen LogP contribution in [0.2, 0.25) is 0 Å². The molecule has 1 N–H and O–H groups in total. The molecule has 2 aromatic heterocycles. The fourth-order valence-corrected chi connectivity index (χ4v) is 2.41. The van der Waals surface area contributed by atoms with Gasteiger partial charge in [-0.2, -0.15) is 0 Å². The van der Waals surface area contributed by atoms with Gasteiger partial charge in [0.15, 0.2) is 0 Å². The summed E-state index contributed by atoms with van der Waals surface area (Å²) in [6, 6.07) is 4.11. The average molecular weight is 244 g/mol. The molecular formula is C13H16N4O. The average Bonchev–Trinajstić information content (AvgIpc) is 2.70. The Labute approximate surface area is 105 Å². The van der Waals surface area contributed by atoms with Crippen LogP contribution in [0.3, 0.4) is 0 Å². The summed E-state index contributed by atoms with van der Waals surface area (Å²) in [5.41, 5.74) is 2.30. The zero-order valence-electron chi connectivity index (χ0n) is 10.4. The molecule has 5 nitrogen and oxygen atoms in total. The van der Waals surface area contributed by atoms with Crippen LogP contribution in [0, 0.1) is 0 Å². The Morgan fingerprint density at radius 1 is 1.50 bits per heavy atom. The number of hydrogen-bond donors (Lipinski definition) is 1. The Balaban J connectivity index is 1.90. The van der Waals surface area contributed by atoms with Gasteiger partial charge in [-0.3, -0.25) is 9.78 Å².